The minimum absolute atomic E-state index is 0.296. The molecule has 0 spiro atoms. The highest BCUT2D eigenvalue weighted by atomic mass is 19.1. The van der Waals surface area contributed by atoms with Crippen LogP contribution in [0.1, 0.15) is 56.1 Å². The van der Waals surface area contributed by atoms with E-state index in [0.29, 0.717) is 46.9 Å². The molecule has 0 aliphatic carbocycles. The molecule has 0 saturated carbocycles. The topological polar surface area (TPSA) is 114 Å². The van der Waals surface area contributed by atoms with E-state index in [2.05, 4.69) is 10.3 Å². The monoisotopic (exact) mass is 484 g/mol. The highest BCUT2D eigenvalue weighted by Gasteiger charge is 2.36. The fourth-order valence-electron chi connectivity index (χ4n) is 4.24. The van der Waals surface area contributed by atoms with E-state index in [1.54, 1.807) is 51.7 Å². The van der Waals surface area contributed by atoms with Gasteiger partial charge in [0.05, 0.1) is 17.4 Å². The quantitative estimate of drug-likeness (QED) is 0.570. The molecule has 1 aliphatic heterocycles. The van der Waals surface area contributed by atoms with Crippen LogP contribution >= 0.6 is 0 Å². The SMILES string of the molecule is Cc1cc(-n2nc3c(c2NC(=O)n2cc[nH]c2=O)[C@H](C)N(C(=O)OC(C)(C)C)CC3)cc(C)c1F. The third-order valence-corrected chi connectivity index (χ3v) is 5.86. The molecule has 2 aromatic heterocycles. The van der Waals surface area contributed by atoms with Crippen LogP contribution in [0.2, 0.25) is 0 Å². The maximum atomic E-state index is 14.3. The van der Waals surface area contributed by atoms with E-state index in [4.69, 9.17) is 9.84 Å². The number of carbonyl (C=O) groups excluding carboxylic acids is 2. The predicted molar refractivity (Wildman–Crippen MR) is 128 cm³/mol. The lowest BCUT2D eigenvalue weighted by Crippen LogP contribution is -2.42. The molecule has 1 aromatic carbocycles. The summed E-state index contributed by atoms with van der Waals surface area (Å²) in [6.07, 6.45) is 2.62. The summed E-state index contributed by atoms with van der Waals surface area (Å²) < 4.78 is 22.3. The number of imidazole rings is 1. The normalized spacial score (nSPS) is 15.6. The molecule has 10 nitrogen and oxygen atoms in total. The molecule has 0 saturated heterocycles. The van der Waals surface area contributed by atoms with Gasteiger partial charge >= 0.3 is 17.8 Å². The summed E-state index contributed by atoms with van der Waals surface area (Å²) in [6, 6.07) is 2.09. The van der Waals surface area contributed by atoms with Crippen molar-refractivity contribution in [3.05, 3.63) is 63.2 Å². The van der Waals surface area contributed by atoms with Gasteiger partial charge in [-0.15, -0.1) is 0 Å². The third kappa shape index (κ3) is 4.58. The fraction of sp³-hybridized carbons (Fsp3) is 0.417. The number of carbonyl (C=O) groups is 2. The van der Waals surface area contributed by atoms with Gasteiger partial charge in [-0.05, 0) is 64.8 Å². The number of nitrogens with one attached hydrogen (secondary N) is 2. The highest BCUT2D eigenvalue weighted by Crippen LogP contribution is 2.37. The van der Waals surface area contributed by atoms with Gasteiger partial charge in [0.2, 0.25) is 0 Å². The van der Waals surface area contributed by atoms with Gasteiger partial charge < -0.3 is 14.6 Å². The van der Waals surface area contributed by atoms with E-state index in [9.17, 15) is 18.8 Å². The summed E-state index contributed by atoms with van der Waals surface area (Å²) in [5.41, 5.74) is 1.44. The lowest BCUT2D eigenvalue weighted by Gasteiger charge is -2.34. The second-order valence-corrected chi connectivity index (χ2v) is 9.68. The molecule has 0 bridgehead atoms. The first-order chi connectivity index (χ1) is 16.4. The Morgan fingerprint density at radius 2 is 1.89 bits per heavy atom. The molecule has 0 unspecified atom stereocenters. The molecule has 186 valence electrons. The van der Waals surface area contributed by atoms with Crippen molar-refractivity contribution in [2.75, 3.05) is 11.9 Å². The van der Waals surface area contributed by atoms with Crippen molar-refractivity contribution >= 4 is 17.9 Å². The molecule has 11 heteroatoms. The van der Waals surface area contributed by atoms with Crippen LogP contribution < -0.4 is 11.0 Å². The van der Waals surface area contributed by atoms with Crippen LogP contribution in [0.25, 0.3) is 5.69 Å². The number of benzene rings is 1. The van der Waals surface area contributed by atoms with Gasteiger partial charge in [-0.25, -0.2) is 28.0 Å². The third-order valence-electron chi connectivity index (χ3n) is 5.86. The number of aromatic nitrogens is 4. The van der Waals surface area contributed by atoms with Crippen molar-refractivity contribution in [3.63, 3.8) is 0 Å². The summed E-state index contributed by atoms with van der Waals surface area (Å²) in [7, 11) is 0. The molecule has 1 atom stereocenters. The van der Waals surface area contributed by atoms with E-state index in [0.717, 1.165) is 4.57 Å². The summed E-state index contributed by atoms with van der Waals surface area (Å²) in [5, 5.41) is 7.50. The number of amides is 2. The number of nitrogens with zero attached hydrogens (tertiary/aromatic N) is 4. The van der Waals surface area contributed by atoms with Gasteiger partial charge in [-0.2, -0.15) is 5.10 Å². The van der Waals surface area contributed by atoms with E-state index >= 15 is 0 Å². The molecule has 0 radical (unpaired) electrons. The first-order valence-electron chi connectivity index (χ1n) is 11.3. The van der Waals surface area contributed by atoms with Crippen molar-refractivity contribution in [2.45, 2.75) is 59.6 Å². The van der Waals surface area contributed by atoms with Crippen molar-refractivity contribution in [1.82, 2.24) is 24.2 Å². The molecule has 4 rings (SSSR count). The largest absolute Gasteiger partial charge is 0.444 e. The Balaban J connectivity index is 1.83. The van der Waals surface area contributed by atoms with Crippen LogP contribution in [0.5, 0.6) is 0 Å². The summed E-state index contributed by atoms with van der Waals surface area (Å²) in [5.74, 6) is -0.0242. The minimum Gasteiger partial charge on any atom is -0.444 e. The van der Waals surface area contributed by atoms with Crippen LogP contribution in [-0.4, -0.2) is 48.5 Å². The predicted octanol–water partition coefficient (Wildman–Crippen LogP) is 4.05. The fourth-order valence-corrected chi connectivity index (χ4v) is 4.24. The molecule has 3 heterocycles. The number of hydrogen-bond donors (Lipinski definition) is 2. The second kappa shape index (κ2) is 8.71. The molecule has 3 aromatic rings. The van der Waals surface area contributed by atoms with Crippen molar-refractivity contribution in [2.24, 2.45) is 0 Å². The molecular weight excluding hydrogens is 455 g/mol. The Hall–Kier alpha value is -3.89. The van der Waals surface area contributed by atoms with Crippen LogP contribution in [0.4, 0.5) is 19.8 Å². The van der Waals surface area contributed by atoms with Gasteiger partial charge in [0, 0.05) is 30.9 Å². The molecule has 35 heavy (non-hydrogen) atoms. The number of H-pyrrole nitrogens is 1. The molecule has 2 amide bonds. The van der Waals surface area contributed by atoms with Gasteiger partial charge in [0.25, 0.3) is 0 Å². The van der Waals surface area contributed by atoms with Gasteiger partial charge in [0.1, 0.15) is 17.2 Å². The lowest BCUT2D eigenvalue weighted by molar-refractivity contribution is 0.0160. The number of fused-ring (bicyclic) bond motifs is 1. The highest BCUT2D eigenvalue weighted by molar-refractivity contribution is 5.91. The molecule has 0 fully saturated rings. The number of anilines is 1. The number of aryl methyl sites for hydroxylation is 2. The maximum Gasteiger partial charge on any atom is 0.410 e. The average Bonchev–Trinajstić information content (AvgIpc) is 3.34. The van der Waals surface area contributed by atoms with E-state index < -0.39 is 29.5 Å². The zero-order valence-corrected chi connectivity index (χ0v) is 20.6. The minimum atomic E-state index is -0.697. The number of rotatable bonds is 2. The smallest absolute Gasteiger partial charge is 0.410 e. The Bertz CT molecular complexity index is 1340. The molecule has 2 N–H and O–H groups in total. The second-order valence-electron chi connectivity index (χ2n) is 9.68. The Labute approximate surface area is 201 Å². The average molecular weight is 485 g/mol. The zero-order valence-electron chi connectivity index (χ0n) is 20.6. The number of hydrogen-bond acceptors (Lipinski definition) is 5. The molecule has 1 aliphatic rings. The Kier molecular flexibility index (Phi) is 6.04. The Morgan fingerprint density at radius 1 is 1.23 bits per heavy atom. The first-order valence-corrected chi connectivity index (χ1v) is 11.3. The summed E-state index contributed by atoms with van der Waals surface area (Å²) >= 11 is 0. The summed E-state index contributed by atoms with van der Waals surface area (Å²) in [6.45, 7) is 10.9. The number of aromatic amines is 1. The van der Waals surface area contributed by atoms with Gasteiger partial charge in [-0.3, -0.25) is 5.32 Å². The lowest BCUT2D eigenvalue weighted by atomic mass is 10.00. The van der Waals surface area contributed by atoms with Crippen LogP contribution in [0.3, 0.4) is 0 Å². The van der Waals surface area contributed by atoms with Gasteiger partial charge in [-0.1, -0.05) is 0 Å². The van der Waals surface area contributed by atoms with Crippen LogP contribution in [0.15, 0.2) is 29.3 Å². The maximum absolute atomic E-state index is 14.3. The van der Waals surface area contributed by atoms with E-state index in [1.165, 1.54) is 17.1 Å². The number of ether oxygens (including phenoxy) is 1. The van der Waals surface area contributed by atoms with Crippen LogP contribution in [0, 0.1) is 19.7 Å². The zero-order chi connectivity index (χ0) is 25.7. The van der Waals surface area contributed by atoms with Crippen molar-refractivity contribution < 1.29 is 18.7 Å². The van der Waals surface area contributed by atoms with Crippen LogP contribution in [-0.2, 0) is 11.2 Å². The van der Waals surface area contributed by atoms with Crippen molar-refractivity contribution in [1.29, 1.82) is 0 Å². The molecular formula is C24H29FN6O4. The van der Waals surface area contributed by atoms with E-state index in [-0.39, 0.29) is 5.82 Å². The van der Waals surface area contributed by atoms with E-state index in [1.807, 2.05) is 6.92 Å². The van der Waals surface area contributed by atoms with Crippen molar-refractivity contribution in [3.8, 4) is 5.69 Å². The summed E-state index contributed by atoms with van der Waals surface area (Å²) in [4.78, 5) is 41.9. The Morgan fingerprint density at radius 3 is 2.46 bits per heavy atom. The standard InChI is InChI=1S/C24H29FN6O4/c1-13-11-16(12-14(2)19(13)25)31-20(27-22(33)30-10-8-26-21(30)32)18-15(3)29(9-7-17(18)28-31)23(34)35-24(4,5)6/h8,10-12,15H,7,9H2,1-6H3,(H,26,32)(H,27,33)/t15-/m0/s1. The first kappa shape index (κ1) is 24.2. The number of halogens is 1. The van der Waals surface area contributed by atoms with Gasteiger partial charge in [0.15, 0.2) is 0 Å².